The van der Waals surface area contributed by atoms with E-state index in [9.17, 15) is 25.5 Å². The highest BCUT2D eigenvalue weighted by Gasteiger charge is 2.54. The Bertz CT molecular complexity index is 863. The summed E-state index contributed by atoms with van der Waals surface area (Å²) < 4.78 is 11.6. The van der Waals surface area contributed by atoms with Gasteiger partial charge in [0.2, 0.25) is 6.29 Å². The number of aliphatic hydroxyl groups is 5. The minimum atomic E-state index is -1.86. The lowest BCUT2D eigenvalue weighted by molar-refractivity contribution is -0.317. The third-order valence-corrected chi connectivity index (χ3v) is 5.88. The van der Waals surface area contributed by atoms with Crippen LogP contribution in [0.4, 0.5) is 0 Å². The molecule has 7 heteroatoms. The van der Waals surface area contributed by atoms with Crippen LogP contribution in [0.1, 0.15) is 43.0 Å². The second kappa shape index (κ2) is 9.65. The predicted octanol–water partition coefficient (Wildman–Crippen LogP) is 1.29. The molecule has 2 aromatic carbocycles. The predicted molar refractivity (Wildman–Crippen MR) is 115 cm³/mol. The van der Waals surface area contributed by atoms with Gasteiger partial charge in [-0.05, 0) is 48.6 Å². The summed E-state index contributed by atoms with van der Waals surface area (Å²) in [6, 6.07) is 13.5. The second-order valence-corrected chi connectivity index (χ2v) is 8.39. The third-order valence-electron chi connectivity index (χ3n) is 5.88. The highest BCUT2D eigenvalue weighted by atomic mass is 16.7. The van der Waals surface area contributed by atoms with Crippen LogP contribution in [0.15, 0.2) is 42.5 Å². The molecule has 7 nitrogen and oxygen atoms in total. The minimum Gasteiger partial charge on any atom is -0.462 e. The first-order chi connectivity index (χ1) is 14.7. The van der Waals surface area contributed by atoms with Crippen molar-refractivity contribution >= 4 is 0 Å². The number of benzene rings is 2. The van der Waals surface area contributed by atoms with E-state index in [0.29, 0.717) is 17.7 Å². The molecular weight excluding hydrogens is 400 g/mol. The molecule has 0 unspecified atom stereocenters. The molecule has 1 aliphatic rings. The maximum atomic E-state index is 10.5. The van der Waals surface area contributed by atoms with Gasteiger partial charge in [-0.3, -0.25) is 0 Å². The van der Waals surface area contributed by atoms with Gasteiger partial charge in [0.15, 0.2) is 0 Å². The smallest absolute Gasteiger partial charge is 0.229 e. The Labute approximate surface area is 182 Å². The molecule has 1 heterocycles. The number of aryl methyl sites for hydroxylation is 1. The fourth-order valence-electron chi connectivity index (χ4n) is 3.92. The van der Waals surface area contributed by atoms with Gasteiger partial charge in [0.05, 0.1) is 12.7 Å². The van der Waals surface area contributed by atoms with Crippen LogP contribution >= 0.6 is 0 Å². The maximum absolute atomic E-state index is 10.5. The Morgan fingerprint density at radius 3 is 2.26 bits per heavy atom. The molecule has 170 valence electrons. The molecule has 0 spiro atoms. The van der Waals surface area contributed by atoms with E-state index in [1.165, 1.54) is 19.4 Å². The summed E-state index contributed by atoms with van der Waals surface area (Å²) in [6.07, 6.45) is -5.21. The number of hydrogen-bond donors (Lipinski definition) is 5. The largest absolute Gasteiger partial charge is 0.462 e. The number of ether oxygens (including phenoxy) is 2. The Kier molecular flexibility index (Phi) is 7.36. The molecule has 0 aliphatic carbocycles. The van der Waals surface area contributed by atoms with Gasteiger partial charge < -0.3 is 35.0 Å². The van der Waals surface area contributed by atoms with Crippen LogP contribution in [0, 0.1) is 0 Å². The fourth-order valence-corrected chi connectivity index (χ4v) is 3.92. The number of hydrogen-bond acceptors (Lipinski definition) is 7. The zero-order valence-electron chi connectivity index (χ0n) is 18.1. The van der Waals surface area contributed by atoms with E-state index in [2.05, 4.69) is 19.1 Å². The molecule has 5 N–H and O–H groups in total. The number of aliphatic hydroxyl groups excluding tert-OH is 4. The molecule has 0 saturated carbocycles. The minimum absolute atomic E-state index is 0.191. The molecule has 1 saturated heterocycles. The summed E-state index contributed by atoms with van der Waals surface area (Å²) in [5, 5.41) is 51.0. The third kappa shape index (κ3) is 5.09. The highest BCUT2D eigenvalue weighted by molar-refractivity contribution is 5.41. The van der Waals surface area contributed by atoms with E-state index in [0.717, 1.165) is 17.5 Å². The van der Waals surface area contributed by atoms with Gasteiger partial charge in [0.1, 0.15) is 29.7 Å². The molecule has 0 bridgehead atoms. The van der Waals surface area contributed by atoms with Crippen molar-refractivity contribution in [3.05, 3.63) is 64.7 Å². The second-order valence-electron chi connectivity index (χ2n) is 8.39. The Morgan fingerprint density at radius 2 is 1.68 bits per heavy atom. The zero-order valence-corrected chi connectivity index (χ0v) is 18.1. The van der Waals surface area contributed by atoms with E-state index >= 15 is 0 Å². The van der Waals surface area contributed by atoms with Crippen molar-refractivity contribution in [2.75, 3.05) is 0 Å². The summed E-state index contributed by atoms with van der Waals surface area (Å²) in [5.41, 5.74) is 1.86. The van der Waals surface area contributed by atoms with Gasteiger partial charge in [-0.15, -0.1) is 0 Å². The van der Waals surface area contributed by atoms with Crippen molar-refractivity contribution in [3.63, 3.8) is 0 Å². The first kappa shape index (κ1) is 23.7. The van der Waals surface area contributed by atoms with Crippen molar-refractivity contribution in [2.24, 2.45) is 0 Å². The van der Waals surface area contributed by atoms with Crippen molar-refractivity contribution in [3.8, 4) is 5.75 Å². The van der Waals surface area contributed by atoms with Gasteiger partial charge in [0, 0.05) is 6.42 Å². The molecule has 2 aromatic rings. The molecule has 1 fully saturated rings. The average Bonchev–Trinajstić information content (AvgIpc) is 2.75. The average molecular weight is 433 g/mol. The summed E-state index contributed by atoms with van der Waals surface area (Å²) in [4.78, 5) is 0. The summed E-state index contributed by atoms with van der Waals surface area (Å²) in [6.45, 7) is 4.63. The lowest BCUT2D eigenvalue weighted by atomic mass is 9.83. The standard InChI is InChI=1S/C24H32O7/c1-4-15-5-7-16(8-6-15)11-18-10-9-17(13-25)12-19(18)30-23-20(27)21(28)24(3,29)22(31-23)14(2)26/h5-10,12,14,20-23,25-29H,4,11,13H2,1-3H3/t14-,20-,21-,22-,23-,24+/m1/s1. The number of rotatable bonds is 7. The van der Waals surface area contributed by atoms with Crippen LogP contribution in [-0.4, -0.2) is 61.8 Å². The van der Waals surface area contributed by atoms with Gasteiger partial charge >= 0.3 is 0 Å². The van der Waals surface area contributed by atoms with E-state index < -0.39 is 36.3 Å². The molecular formula is C24H32O7. The van der Waals surface area contributed by atoms with Crippen LogP contribution in [0.25, 0.3) is 0 Å². The molecule has 31 heavy (non-hydrogen) atoms. The van der Waals surface area contributed by atoms with Gasteiger partial charge in [0.25, 0.3) is 0 Å². The highest BCUT2D eigenvalue weighted by Crippen LogP contribution is 2.34. The molecule has 1 aliphatic heterocycles. The van der Waals surface area contributed by atoms with Crippen LogP contribution in [0.3, 0.4) is 0 Å². The quantitative estimate of drug-likeness (QED) is 0.447. The summed E-state index contributed by atoms with van der Waals surface area (Å²) in [5.74, 6) is 0.383. The molecule has 3 rings (SSSR count). The van der Waals surface area contributed by atoms with Gasteiger partial charge in [-0.25, -0.2) is 0 Å². The summed E-state index contributed by atoms with van der Waals surface area (Å²) >= 11 is 0. The van der Waals surface area contributed by atoms with Crippen LogP contribution in [0.5, 0.6) is 5.75 Å². The van der Waals surface area contributed by atoms with E-state index in [4.69, 9.17) is 9.47 Å². The van der Waals surface area contributed by atoms with E-state index in [1.54, 1.807) is 12.1 Å². The van der Waals surface area contributed by atoms with Gasteiger partial charge in [-0.2, -0.15) is 0 Å². The Morgan fingerprint density at radius 1 is 1.06 bits per heavy atom. The Hall–Kier alpha value is -2.00. The SMILES string of the molecule is CCc1ccc(Cc2ccc(CO)cc2O[C@@H]2O[C@H]([C@@H](C)O)[C@@](C)(O)[C@H](O)[C@H]2O)cc1. The van der Waals surface area contributed by atoms with Gasteiger partial charge in [-0.1, -0.05) is 43.3 Å². The normalized spacial score (nSPS) is 29.5. The lowest BCUT2D eigenvalue weighted by Crippen LogP contribution is -2.68. The molecule has 0 radical (unpaired) electrons. The monoisotopic (exact) mass is 432 g/mol. The fraction of sp³-hybridized carbons (Fsp3) is 0.500. The van der Waals surface area contributed by atoms with E-state index in [-0.39, 0.29) is 6.61 Å². The van der Waals surface area contributed by atoms with Crippen molar-refractivity contribution in [1.29, 1.82) is 0 Å². The van der Waals surface area contributed by atoms with Crippen LogP contribution in [0.2, 0.25) is 0 Å². The van der Waals surface area contributed by atoms with Crippen molar-refractivity contribution in [1.82, 2.24) is 0 Å². The topological polar surface area (TPSA) is 120 Å². The zero-order chi connectivity index (χ0) is 22.8. The van der Waals surface area contributed by atoms with Crippen LogP contribution in [-0.2, 0) is 24.2 Å². The summed E-state index contributed by atoms with van der Waals surface area (Å²) in [7, 11) is 0. The lowest BCUT2D eigenvalue weighted by Gasteiger charge is -2.47. The molecule has 0 amide bonds. The van der Waals surface area contributed by atoms with Crippen LogP contribution < -0.4 is 4.74 Å². The molecule has 0 aromatic heterocycles. The maximum Gasteiger partial charge on any atom is 0.229 e. The first-order valence-electron chi connectivity index (χ1n) is 10.6. The van der Waals surface area contributed by atoms with E-state index in [1.807, 2.05) is 18.2 Å². The van der Waals surface area contributed by atoms with Crippen molar-refractivity contribution < 1.29 is 35.0 Å². The molecule has 6 atom stereocenters. The Balaban J connectivity index is 1.88. The van der Waals surface area contributed by atoms with Crippen molar-refractivity contribution in [2.45, 2.75) is 76.5 Å². The first-order valence-corrected chi connectivity index (χ1v) is 10.6.